The van der Waals surface area contributed by atoms with Crippen LogP contribution in [-0.2, 0) is 11.2 Å². The van der Waals surface area contributed by atoms with E-state index in [1.807, 2.05) is 6.92 Å². The van der Waals surface area contributed by atoms with Crippen LogP contribution in [0.3, 0.4) is 0 Å². The molecule has 0 aromatic heterocycles. The van der Waals surface area contributed by atoms with Gasteiger partial charge in [-0.3, -0.25) is 4.79 Å². The van der Waals surface area contributed by atoms with Crippen LogP contribution >= 0.6 is 0 Å². The second-order valence-electron chi connectivity index (χ2n) is 8.56. The molecule has 1 N–H and O–H groups in total. The number of rotatable bonds is 3. The molecule has 26 heavy (non-hydrogen) atoms. The molecule has 0 unspecified atom stereocenters. The average molecular weight is 353 g/mol. The van der Waals surface area contributed by atoms with Crippen LogP contribution < -0.4 is 4.74 Å². The van der Waals surface area contributed by atoms with Crippen molar-refractivity contribution in [1.82, 2.24) is 0 Å². The van der Waals surface area contributed by atoms with Crippen molar-refractivity contribution < 1.29 is 14.7 Å². The number of hydrogen-bond donors (Lipinski definition) is 1. The number of carbonyl (C=O) groups is 1. The molecule has 3 aliphatic carbocycles. The number of carbonyl (C=O) groups excluding carboxylic acids is 1. The van der Waals surface area contributed by atoms with E-state index in [0.717, 1.165) is 37.0 Å². The molecule has 4 rings (SSSR count). The van der Waals surface area contributed by atoms with Crippen LogP contribution in [0.5, 0.6) is 5.75 Å². The Hall–Kier alpha value is -2.10. The summed E-state index contributed by atoms with van der Waals surface area (Å²) in [6, 6.07) is 6.47. The molecular weight excluding hydrogens is 326 g/mol. The van der Waals surface area contributed by atoms with Crippen molar-refractivity contribution >= 4 is 11.5 Å². The minimum absolute atomic E-state index is 0.0674. The predicted octanol–water partition coefficient (Wildman–Crippen LogP) is 4.51. The summed E-state index contributed by atoms with van der Waals surface area (Å²) < 4.78 is 5.81. The minimum atomic E-state index is -0.342. The molecule has 1 aromatic rings. The Labute approximate surface area is 154 Å². The van der Waals surface area contributed by atoms with E-state index in [1.165, 1.54) is 11.1 Å². The van der Waals surface area contributed by atoms with Gasteiger partial charge in [0.15, 0.2) is 5.78 Å². The highest BCUT2D eigenvalue weighted by molar-refractivity contribution is 6.43. The largest absolute Gasteiger partial charge is 0.489 e. The lowest BCUT2D eigenvalue weighted by Gasteiger charge is -2.47. The van der Waals surface area contributed by atoms with E-state index in [2.05, 4.69) is 36.9 Å². The Morgan fingerprint density at radius 3 is 2.96 bits per heavy atom. The second kappa shape index (κ2) is 6.26. The fourth-order valence-corrected chi connectivity index (χ4v) is 5.55. The van der Waals surface area contributed by atoms with E-state index in [4.69, 9.17) is 4.74 Å². The molecule has 0 aliphatic heterocycles. The van der Waals surface area contributed by atoms with Crippen molar-refractivity contribution in [3.05, 3.63) is 41.5 Å². The highest BCUT2D eigenvalue weighted by Gasteiger charge is 2.57. The molecule has 0 heterocycles. The van der Waals surface area contributed by atoms with Gasteiger partial charge in [0.05, 0.1) is 0 Å². The van der Waals surface area contributed by atoms with E-state index in [0.29, 0.717) is 36.5 Å². The zero-order chi connectivity index (χ0) is 18.5. The van der Waals surface area contributed by atoms with Gasteiger partial charge < -0.3 is 9.94 Å². The predicted molar refractivity (Wildman–Crippen MR) is 101 cm³/mol. The van der Waals surface area contributed by atoms with Crippen molar-refractivity contribution in [3.63, 3.8) is 0 Å². The Kier molecular flexibility index (Phi) is 4.17. The van der Waals surface area contributed by atoms with Crippen molar-refractivity contribution in [2.45, 2.75) is 51.9 Å². The normalized spacial score (nSPS) is 34.2. The summed E-state index contributed by atoms with van der Waals surface area (Å²) in [5.74, 6) is 2.27. The van der Waals surface area contributed by atoms with Crippen LogP contribution in [0.25, 0.3) is 0 Å². The number of fused-ring (bicyclic) bond motifs is 5. The molecule has 0 saturated heterocycles. The van der Waals surface area contributed by atoms with Gasteiger partial charge in [-0.05, 0) is 79.2 Å². The van der Waals surface area contributed by atoms with Crippen molar-refractivity contribution in [2.75, 3.05) is 6.61 Å². The van der Waals surface area contributed by atoms with Gasteiger partial charge in [0, 0.05) is 11.8 Å². The van der Waals surface area contributed by atoms with Crippen molar-refractivity contribution in [3.8, 4) is 5.75 Å². The fraction of sp³-hybridized carbons (Fsp3) is 0.545. The number of oxime groups is 1. The number of hydrogen-bond acceptors (Lipinski definition) is 4. The third kappa shape index (κ3) is 2.58. The zero-order valence-electron chi connectivity index (χ0n) is 15.6. The number of Topliss-reactive ketones (excluding diaryl/α,β-unsaturated/α-hetero) is 1. The molecule has 138 valence electrons. The molecule has 1 aromatic carbocycles. The summed E-state index contributed by atoms with van der Waals surface area (Å²) in [5, 5.41) is 12.5. The molecule has 4 atom stereocenters. The SMILES string of the molecule is C=C(C)COc1ccc2c(c1)CC[C@@H]1[C@H]3C/C(=N/O)C(=O)[C@]3(C)CC[C@@H]21. The molecule has 4 heteroatoms. The van der Waals surface area contributed by atoms with Crippen LogP contribution in [0.15, 0.2) is 35.5 Å². The van der Waals surface area contributed by atoms with E-state index >= 15 is 0 Å². The number of ether oxygens (including phenoxy) is 1. The lowest BCUT2D eigenvalue weighted by Crippen LogP contribution is -2.42. The standard InChI is InChI=1S/C22H27NO3/c1-13(2)12-26-15-5-7-16-14(10-15)4-6-18-17(16)8-9-22(3)19(18)11-20(23-25)21(22)24/h5,7,10,17-19,25H,1,4,6,8-9,11-12H2,2-3H3/b23-20-/t17-,18-,19+,22+/m0/s1. The third-order valence-corrected chi connectivity index (χ3v) is 6.89. The van der Waals surface area contributed by atoms with E-state index in [9.17, 15) is 10.0 Å². The lowest BCUT2D eigenvalue weighted by molar-refractivity contribution is -0.125. The first-order chi connectivity index (χ1) is 12.4. The monoisotopic (exact) mass is 353 g/mol. The fourth-order valence-electron chi connectivity index (χ4n) is 5.55. The van der Waals surface area contributed by atoms with Crippen molar-refractivity contribution in [2.24, 2.45) is 22.4 Å². The quantitative estimate of drug-likeness (QED) is 0.494. The number of benzene rings is 1. The van der Waals surface area contributed by atoms with Gasteiger partial charge in [0.1, 0.15) is 18.1 Å². The van der Waals surface area contributed by atoms with Crippen LogP contribution in [0, 0.1) is 17.3 Å². The summed E-state index contributed by atoms with van der Waals surface area (Å²) in [4.78, 5) is 12.7. The van der Waals surface area contributed by atoms with Gasteiger partial charge in [-0.2, -0.15) is 0 Å². The van der Waals surface area contributed by atoms with Gasteiger partial charge in [-0.15, -0.1) is 0 Å². The highest BCUT2D eigenvalue weighted by atomic mass is 16.5. The van der Waals surface area contributed by atoms with E-state index in [-0.39, 0.29) is 11.2 Å². The highest BCUT2D eigenvalue weighted by Crippen LogP contribution is 2.59. The third-order valence-electron chi connectivity index (χ3n) is 6.89. The number of ketones is 1. The van der Waals surface area contributed by atoms with Gasteiger partial charge in [0.25, 0.3) is 0 Å². The molecule has 0 amide bonds. The maximum atomic E-state index is 12.7. The summed E-state index contributed by atoms with van der Waals surface area (Å²) in [6.07, 6.45) is 4.65. The molecule has 0 radical (unpaired) electrons. The van der Waals surface area contributed by atoms with Gasteiger partial charge in [-0.1, -0.05) is 24.7 Å². The molecule has 2 saturated carbocycles. The van der Waals surface area contributed by atoms with Gasteiger partial charge in [0.2, 0.25) is 0 Å². The van der Waals surface area contributed by atoms with Gasteiger partial charge in [-0.25, -0.2) is 0 Å². The average Bonchev–Trinajstić information content (AvgIpc) is 2.90. The summed E-state index contributed by atoms with van der Waals surface area (Å²) >= 11 is 0. The Morgan fingerprint density at radius 1 is 1.42 bits per heavy atom. The number of aryl methyl sites for hydroxylation is 1. The second-order valence-corrected chi connectivity index (χ2v) is 8.56. The molecule has 2 fully saturated rings. The summed E-state index contributed by atoms with van der Waals surface area (Å²) in [7, 11) is 0. The Bertz CT molecular complexity index is 797. The first-order valence-corrected chi connectivity index (χ1v) is 9.60. The maximum Gasteiger partial charge on any atom is 0.186 e. The molecular formula is C22H27NO3. The van der Waals surface area contributed by atoms with Crippen LogP contribution in [0.1, 0.15) is 56.6 Å². The summed E-state index contributed by atoms with van der Waals surface area (Å²) in [5.41, 5.74) is 3.86. The maximum absolute atomic E-state index is 12.7. The summed E-state index contributed by atoms with van der Waals surface area (Å²) in [6.45, 7) is 8.49. The number of nitrogens with zero attached hydrogens (tertiary/aromatic N) is 1. The van der Waals surface area contributed by atoms with Crippen LogP contribution in [-0.4, -0.2) is 23.3 Å². The first kappa shape index (κ1) is 17.3. The smallest absolute Gasteiger partial charge is 0.186 e. The van der Waals surface area contributed by atoms with Gasteiger partial charge >= 0.3 is 0 Å². The molecule has 0 bridgehead atoms. The molecule has 4 nitrogen and oxygen atoms in total. The topological polar surface area (TPSA) is 58.9 Å². The van der Waals surface area contributed by atoms with Crippen LogP contribution in [0.4, 0.5) is 0 Å². The first-order valence-electron chi connectivity index (χ1n) is 9.60. The minimum Gasteiger partial charge on any atom is -0.489 e. The van der Waals surface area contributed by atoms with Crippen molar-refractivity contribution in [1.29, 1.82) is 0 Å². The van der Waals surface area contributed by atoms with Crippen LogP contribution in [0.2, 0.25) is 0 Å². The Morgan fingerprint density at radius 2 is 2.23 bits per heavy atom. The molecule has 3 aliphatic rings. The molecule has 0 spiro atoms. The Balaban J connectivity index is 1.61. The van der Waals surface area contributed by atoms with E-state index in [1.54, 1.807) is 0 Å². The zero-order valence-corrected chi connectivity index (χ0v) is 15.6. The van der Waals surface area contributed by atoms with E-state index < -0.39 is 0 Å². The lowest BCUT2D eigenvalue weighted by atomic mass is 9.55.